The van der Waals surface area contributed by atoms with Gasteiger partial charge < -0.3 is 0 Å². The van der Waals surface area contributed by atoms with Crippen molar-refractivity contribution in [3.8, 4) is 0 Å². The lowest BCUT2D eigenvalue weighted by atomic mass is 10.0. The van der Waals surface area contributed by atoms with Crippen LogP contribution in [-0.2, 0) is 11.2 Å². The highest BCUT2D eigenvalue weighted by atomic mass is 79.9. The van der Waals surface area contributed by atoms with Crippen LogP contribution in [-0.4, -0.2) is 12.1 Å². The molecule has 0 saturated carbocycles. The van der Waals surface area contributed by atoms with Crippen LogP contribution in [0.3, 0.4) is 0 Å². The Kier molecular flexibility index (Phi) is 5.50. The lowest BCUT2D eigenvalue weighted by Gasteiger charge is -2.05. The van der Waals surface area contributed by atoms with E-state index in [1.54, 1.807) is 6.21 Å². The summed E-state index contributed by atoms with van der Waals surface area (Å²) < 4.78 is 1.03. The van der Waals surface area contributed by atoms with Gasteiger partial charge in [0, 0.05) is 4.47 Å². The number of benzene rings is 2. The molecule has 0 spiro atoms. The Morgan fingerprint density at radius 2 is 1.91 bits per heavy atom. The first-order valence-electron chi connectivity index (χ1n) is 7.10. The number of hydrazone groups is 1. The highest BCUT2D eigenvalue weighted by Crippen LogP contribution is 2.16. The highest BCUT2D eigenvalue weighted by Gasteiger charge is 2.05. The van der Waals surface area contributed by atoms with Crippen molar-refractivity contribution >= 4 is 28.1 Å². The molecule has 2 rings (SSSR count). The summed E-state index contributed by atoms with van der Waals surface area (Å²) in [4.78, 5) is 11.9. The number of hydrogen-bond donors (Lipinski definition) is 1. The van der Waals surface area contributed by atoms with E-state index in [0.29, 0.717) is 6.42 Å². The third kappa shape index (κ3) is 4.53. The summed E-state index contributed by atoms with van der Waals surface area (Å²) in [6.45, 7) is 6.08. The second-order valence-electron chi connectivity index (χ2n) is 5.41. The van der Waals surface area contributed by atoms with Crippen LogP contribution >= 0.6 is 15.9 Å². The SMILES string of the molecule is Cc1ccc(CC(=O)N/N=C\c2ccc(C)c(Br)c2)c(C)c1. The van der Waals surface area contributed by atoms with Gasteiger partial charge in [0.2, 0.25) is 5.91 Å². The quantitative estimate of drug-likeness (QED) is 0.649. The van der Waals surface area contributed by atoms with Crippen molar-refractivity contribution in [1.29, 1.82) is 0 Å². The summed E-state index contributed by atoms with van der Waals surface area (Å²) in [7, 11) is 0. The van der Waals surface area contributed by atoms with Gasteiger partial charge in [-0.15, -0.1) is 0 Å². The molecule has 2 aromatic rings. The van der Waals surface area contributed by atoms with Gasteiger partial charge in [-0.25, -0.2) is 5.43 Å². The van der Waals surface area contributed by atoms with Crippen LogP contribution in [0, 0.1) is 20.8 Å². The fourth-order valence-electron chi connectivity index (χ4n) is 2.12. The molecule has 0 aromatic heterocycles. The van der Waals surface area contributed by atoms with Crippen LogP contribution in [0.4, 0.5) is 0 Å². The van der Waals surface area contributed by atoms with Crippen molar-refractivity contribution in [3.63, 3.8) is 0 Å². The number of hydrogen-bond acceptors (Lipinski definition) is 2. The van der Waals surface area contributed by atoms with E-state index in [4.69, 9.17) is 0 Å². The number of nitrogens with one attached hydrogen (secondary N) is 1. The molecule has 0 aliphatic heterocycles. The molecule has 0 saturated heterocycles. The topological polar surface area (TPSA) is 41.5 Å². The Bertz CT molecular complexity index is 723. The van der Waals surface area contributed by atoms with Gasteiger partial charge in [0.25, 0.3) is 0 Å². The second kappa shape index (κ2) is 7.36. The van der Waals surface area contributed by atoms with Gasteiger partial charge >= 0.3 is 0 Å². The fourth-order valence-corrected chi connectivity index (χ4v) is 2.52. The molecule has 0 heterocycles. The Hall–Kier alpha value is -1.94. The molecule has 4 heteroatoms. The van der Waals surface area contributed by atoms with E-state index in [9.17, 15) is 4.79 Å². The molecule has 22 heavy (non-hydrogen) atoms. The van der Waals surface area contributed by atoms with E-state index < -0.39 is 0 Å². The molecule has 0 radical (unpaired) electrons. The smallest absolute Gasteiger partial charge is 0.244 e. The molecular formula is C18H19BrN2O. The van der Waals surface area contributed by atoms with Crippen LogP contribution in [0.5, 0.6) is 0 Å². The minimum Gasteiger partial charge on any atom is -0.273 e. The number of rotatable bonds is 4. The second-order valence-corrected chi connectivity index (χ2v) is 6.26. The van der Waals surface area contributed by atoms with Gasteiger partial charge in [0.1, 0.15) is 0 Å². The maximum Gasteiger partial charge on any atom is 0.244 e. The zero-order chi connectivity index (χ0) is 16.1. The Balaban J connectivity index is 1.94. The molecule has 3 nitrogen and oxygen atoms in total. The third-order valence-electron chi connectivity index (χ3n) is 3.45. The van der Waals surface area contributed by atoms with Crippen molar-refractivity contribution in [3.05, 3.63) is 68.7 Å². The number of halogens is 1. The molecule has 1 amide bonds. The Labute approximate surface area is 139 Å². The highest BCUT2D eigenvalue weighted by molar-refractivity contribution is 9.10. The maximum absolute atomic E-state index is 11.9. The first-order valence-corrected chi connectivity index (χ1v) is 7.89. The Morgan fingerprint density at radius 3 is 2.59 bits per heavy atom. The van der Waals surface area contributed by atoms with Gasteiger partial charge in [-0.05, 0) is 49.1 Å². The monoisotopic (exact) mass is 358 g/mol. The lowest BCUT2D eigenvalue weighted by molar-refractivity contribution is -0.120. The summed E-state index contributed by atoms with van der Waals surface area (Å²) in [6.07, 6.45) is 1.98. The molecule has 1 N–H and O–H groups in total. The van der Waals surface area contributed by atoms with E-state index in [0.717, 1.165) is 26.7 Å². The molecule has 2 aromatic carbocycles. The zero-order valence-corrected chi connectivity index (χ0v) is 14.6. The van der Waals surface area contributed by atoms with Crippen LogP contribution in [0.1, 0.15) is 27.8 Å². The average Bonchev–Trinajstić information content (AvgIpc) is 2.46. The van der Waals surface area contributed by atoms with Gasteiger partial charge in [0.05, 0.1) is 12.6 Å². The van der Waals surface area contributed by atoms with Gasteiger partial charge in [0.15, 0.2) is 0 Å². The van der Waals surface area contributed by atoms with Crippen LogP contribution < -0.4 is 5.43 Å². The van der Waals surface area contributed by atoms with E-state index in [1.165, 1.54) is 5.56 Å². The van der Waals surface area contributed by atoms with E-state index in [2.05, 4.69) is 32.5 Å². The average molecular weight is 359 g/mol. The third-order valence-corrected chi connectivity index (χ3v) is 4.30. The first kappa shape index (κ1) is 16.4. The summed E-state index contributed by atoms with van der Waals surface area (Å²) >= 11 is 3.48. The minimum atomic E-state index is -0.116. The fraction of sp³-hybridized carbons (Fsp3) is 0.222. The normalized spacial score (nSPS) is 10.9. The summed E-state index contributed by atoms with van der Waals surface area (Å²) in [5, 5.41) is 4.01. The Morgan fingerprint density at radius 1 is 1.14 bits per heavy atom. The molecule has 0 fully saturated rings. The van der Waals surface area contributed by atoms with Crippen LogP contribution in [0.2, 0.25) is 0 Å². The van der Waals surface area contributed by atoms with Crippen molar-refractivity contribution in [2.24, 2.45) is 5.10 Å². The molecule has 0 atom stereocenters. The number of amides is 1. The number of carbonyl (C=O) groups is 1. The maximum atomic E-state index is 11.9. The van der Waals surface area contributed by atoms with Crippen LogP contribution in [0.25, 0.3) is 0 Å². The molecular weight excluding hydrogens is 340 g/mol. The minimum absolute atomic E-state index is 0.116. The molecule has 0 bridgehead atoms. The van der Waals surface area contributed by atoms with E-state index in [1.807, 2.05) is 51.1 Å². The lowest BCUT2D eigenvalue weighted by Crippen LogP contribution is -2.20. The predicted molar refractivity (Wildman–Crippen MR) is 94.2 cm³/mol. The van der Waals surface area contributed by atoms with E-state index in [-0.39, 0.29) is 5.91 Å². The first-order chi connectivity index (χ1) is 10.5. The molecule has 0 aliphatic rings. The van der Waals surface area contributed by atoms with Crippen molar-refractivity contribution in [2.45, 2.75) is 27.2 Å². The standard InChI is InChI=1S/C18H19BrN2O/c1-12-4-7-16(14(3)8-12)10-18(22)21-20-11-15-6-5-13(2)17(19)9-15/h4-9,11H,10H2,1-3H3,(H,21,22)/b20-11-. The van der Waals surface area contributed by atoms with Gasteiger partial charge in [-0.1, -0.05) is 51.8 Å². The largest absolute Gasteiger partial charge is 0.273 e. The van der Waals surface area contributed by atoms with Gasteiger partial charge in [-0.3, -0.25) is 4.79 Å². The van der Waals surface area contributed by atoms with Crippen molar-refractivity contribution < 1.29 is 4.79 Å². The van der Waals surface area contributed by atoms with Gasteiger partial charge in [-0.2, -0.15) is 5.10 Å². The van der Waals surface area contributed by atoms with E-state index >= 15 is 0 Å². The van der Waals surface area contributed by atoms with Crippen molar-refractivity contribution in [2.75, 3.05) is 0 Å². The summed E-state index contributed by atoms with van der Waals surface area (Å²) in [5.74, 6) is -0.116. The zero-order valence-electron chi connectivity index (χ0n) is 13.0. The number of nitrogens with zero attached hydrogens (tertiary/aromatic N) is 1. The molecule has 0 aliphatic carbocycles. The number of aryl methyl sites for hydroxylation is 3. The summed E-state index contributed by atoms with van der Waals surface area (Å²) in [5.41, 5.74) is 8.02. The molecule has 0 unspecified atom stereocenters. The predicted octanol–water partition coefficient (Wildman–Crippen LogP) is 4.07. The van der Waals surface area contributed by atoms with Crippen LogP contribution in [0.15, 0.2) is 46.0 Å². The number of carbonyl (C=O) groups excluding carboxylic acids is 1. The summed E-state index contributed by atoms with van der Waals surface area (Å²) in [6, 6.07) is 12.0. The molecule has 114 valence electrons. The van der Waals surface area contributed by atoms with Crippen molar-refractivity contribution in [1.82, 2.24) is 5.43 Å².